The summed E-state index contributed by atoms with van der Waals surface area (Å²) in [5, 5.41) is 5.63. The van der Waals surface area contributed by atoms with E-state index in [1.54, 1.807) is 0 Å². The lowest BCUT2D eigenvalue weighted by Crippen LogP contribution is -2.44. The van der Waals surface area contributed by atoms with Crippen LogP contribution in [0.15, 0.2) is 17.5 Å². The predicted molar refractivity (Wildman–Crippen MR) is 66.5 cm³/mol. The SMILES string of the molecule is CN(CCc1cccs1)C1CCCNC1. The number of nitrogens with one attached hydrogen (secondary N) is 1. The number of nitrogens with zero attached hydrogens (tertiary/aromatic N) is 1. The molecule has 1 atom stereocenters. The molecule has 2 rings (SSSR count). The first-order valence-electron chi connectivity index (χ1n) is 5.79. The van der Waals surface area contributed by atoms with Crippen molar-refractivity contribution < 1.29 is 0 Å². The Morgan fingerprint density at radius 2 is 2.53 bits per heavy atom. The molecule has 0 radical (unpaired) electrons. The molecule has 1 aromatic heterocycles. The Morgan fingerprint density at radius 1 is 1.60 bits per heavy atom. The highest BCUT2D eigenvalue weighted by Crippen LogP contribution is 2.12. The number of likely N-dealkylation sites (N-methyl/N-ethyl adjacent to an activating group) is 1. The first-order valence-corrected chi connectivity index (χ1v) is 6.67. The van der Waals surface area contributed by atoms with Crippen LogP contribution in [0.5, 0.6) is 0 Å². The highest BCUT2D eigenvalue weighted by atomic mass is 32.1. The monoisotopic (exact) mass is 224 g/mol. The van der Waals surface area contributed by atoms with Gasteiger partial charge in [0.05, 0.1) is 0 Å². The zero-order valence-corrected chi connectivity index (χ0v) is 10.2. The van der Waals surface area contributed by atoms with E-state index in [0.717, 1.165) is 6.04 Å². The molecule has 2 nitrogen and oxygen atoms in total. The molecule has 15 heavy (non-hydrogen) atoms. The van der Waals surface area contributed by atoms with E-state index in [4.69, 9.17) is 0 Å². The Morgan fingerprint density at radius 3 is 3.20 bits per heavy atom. The van der Waals surface area contributed by atoms with Gasteiger partial charge in [-0.15, -0.1) is 11.3 Å². The van der Waals surface area contributed by atoms with Crippen molar-refractivity contribution in [3.8, 4) is 0 Å². The molecule has 0 aromatic carbocycles. The van der Waals surface area contributed by atoms with Gasteiger partial charge in [0, 0.05) is 24.0 Å². The molecule has 0 amide bonds. The summed E-state index contributed by atoms with van der Waals surface area (Å²) in [6.07, 6.45) is 3.88. The van der Waals surface area contributed by atoms with Crippen LogP contribution in [0.25, 0.3) is 0 Å². The summed E-state index contributed by atoms with van der Waals surface area (Å²) < 4.78 is 0. The lowest BCUT2D eigenvalue weighted by atomic mass is 10.1. The van der Waals surface area contributed by atoms with Gasteiger partial charge in [0.25, 0.3) is 0 Å². The average Bonchev–Trinajstić information content (AvgIpc) is 2.80. The van der Waals surface area contributed by atoms with E-state index in [1.807, 2.05) is 11.3 Å². The lowest BCUT2D eigenvalue weighted by Gasteiger charge is -2.31. The summed E-state index contributed by atoms with van der Waals surface area (Å²) in [5.74, 6) is 0. The highest BCUT2D eigenvalue weighted by Gasteiger charge is 2.16. The first-order chi connectivity index (χ1) is 7.36. The van der Waals surface area contributed by atoms with Gasteiger partial charge in [0.2, 0.25) is 0 Å². The molecule has 0 aliphatic carbocycles. The van der Waals surface area contributed by atoms with E-state index in [2.05, 4.69) is 34.8 Å². The van der Waals surface area contributed by atoms with E-state index < -0.39 is 0 Å². The Labute approximate surface area is 96.3 Å². The van der Waals surface area contributed by atoms with Crippen LogP contribution >= 0.6 is 11.3 Å². The molecule has 0 saturated carbocycles. The van der Waals surface area contributed by atoms with E-state index in [1.165, 1.54) is 43.8 Å². The van der Waals surface area contributed by atoms with Crippen molar-refractivity contribution >= 4 is 11.3 Å². The standard InChI is InChI=1S/C12H20N2S/c1-14(11-4-2-7-13-10-11)8-6-12-5-3-9-15-12/h3,5,9,11,13H,2,4,6-8,10H2,1H3. The highest BCUT2D eigenvalue weighted by molar-refractivity contribution is 7.09. The summed E-state index contributed by atoms with van der Waals surface area (Å²) >= 11 is 1.87. The molecule has 1 unspecified atom stereocenters. The van der Waals surface area contributed by atoms with Crippen LogP contribution in [0, 0.1) is 0 Å². The van der Waals surface area contributed by atoms with Crippen molar-refractivity contribution in [2.24, 2.45) is 0 Å². The topological polar surface area (TPSA) is 15.3 Å². The smallest absolute Gasteiger partial charge is 0.0218 e. The van der Waals surface area contributed by atoms with Gasteiger partial charge in [-0.3, -0.25) is 0 Å². The Hall–Kier alpha value is -0.380. The van der Waals surface area contributed by atoms with Gasteiger partial charge in [0.15, 0.2) is 0 Å². The molecular weight excluding hydrogens is 204 g/mol. The van der Waals surface area contributed by atoms with Gasteiger partial charge in [-0.25, -0.2) is 0 Å². The van der Waals surface area contributed by atoms with Crippen LogP contribution in [0.1, 0.15) is 17.7 Å². The van der Waals surface area contributed by atoms with Gasteiger partial charge < -0.3 is 10.2 Å². The van der Waals surface area contributed by atoms with Crippen molar-refractivity contribution in [3.05, 3.63) is 22.4 Å². The summed E-state index contributed by atoms with van der Waals surface area (Å²) in [4.78, 5) is 4.01. The minimum atomic E-state index is 0.749. The molecular formula is C12H20N2S. The summed E-state index contributed by atoms with van der Waals surface area (Å²) in [6.45, 7) is 3.56. The Balaban J connectivity index is 1.74. The van der Waals surface area contributed by atoms with E-state index in [-0.39, 0.29) is 0 Å². The molecule has 1 N–H and O–H groups in total. The minimum Gasteiger partial charge on any atom is -0.315 e. The van der Waals surface area contributed by atoms with Gasteiger partial charge in [-0.2, -0.15) is 0 Å². The molecule has 0 spiro atoms. The zero-order valence-electron chi connectivity index (χ0n) is 9.41. The number of thiophene rings is 1. The fraction of sp³-hybridized carbons (Fsp3) is 0.667. The molecule has 3 heteroatoms. The largest absolute Gasteiger partial charge is 0.315 e. The average molecular weight is 224 g/mol. The quantitative estimate of drug-likeness (QED) is 0.841. The second-order valence-electron chi connectivity index (χ2n) is 4.31. The van der Waals surface area contributed by atoms with Gasteiger partial charge >= 0.3 is 0 Å². The third-order valence-corrected chi connectivity index (χ3v) is 4.12. The summed E-state index contributed by atoms with van der Waals surface area (Å²) in [6, 6.07) is 5.12. The Kier molecular flexibility index (Phi) is 4.18. The first kappa shape index (κ1) is 11.1. The lowest BCUT2D eigenvalue weighted by molar-refractivity contribution is 0.205. The second-order valence-corrected chi connectivity index (χ2v) is 5.34. The molecule has 1 fully saturated rings. The molecule has 1 saturated heterocycles. The van der Waals surface area contributed by atoms with Crippen molar-refractivity contribution in [2.45, 2.75) is 25.3 Å². The fourth-order valence-corrected chi connectivity index (χ4v) is 2.83. The maximum absolute atomic E-state index is 3.47. The van der Waals surface area contributed by atoms with Crippen molar-refractivity contribution in [2.75, 3.05) is 26.7 Å². The number of hydrogen-bond donors (Lipinski definition) is 1. The van der Waals surface area contributed by atoms with Crippen molar-refractivity contribution in [3.63, 3.8) is 0 Å². The third kappa shape index (κ3) is 3.30. The summed E-state index contributed by atoms with van der Waals surface area (Å²) in [7, 11) is 2.26. The van der Waals surface area contributed by atoms with Crippen LogP contribution in [-0.4, -0.2) is 37.6 Å². The van der Waals surface area contributed by atoms with Gasteiger partial charge in [-0.1, -0.05) is 6.07 Å². The molecule has 84 valence electrons. The van der Waals surface area contributed by atoms with Crippen molar-refractivity contribution in [1.29, 1.82) is 0 Å². The minimum absolute atomic E-state index is 0.749. The third-order valence-electron chi connectivity index (χ3n) is 3.19. The molecule has 1 aliphatic heterocycles. The van der Waals surface area contributed by atoms with Crippen LogP contribution in [0.2, 0.25) is 0 Å². The van der Waals surface area contributed by atoms with Crippen LogP contribution in [0.4, 0.5) is 0 Å². The van der Waals surface area contributed by atoms with Crippen LogP contribution in [-0.2, 0) is 6.42 Å². The predicted octanol–water partition coefficient (Wildman–Crippen LogP) is 1.97. The molecule has 0 bridgehead atoms. The van der Waals surface area contributed by atoms with E-state index in [0.29, 0.717) is 0 Å². The maximum atomic E-state index is 3.47. The number of hydrogen-bond acceptors (Lipinski definition) is 3. The van der Waals surface area contributed by atoms with E-state index >= 15 is 0 Å². The molecule has 2 heterocycles. The van der Waals surface area contributed by atoms with E-state index in [9.17, 15) is 0 Å². The fourth-order valence-electron chi connectivity index (χ4n) is 2.13. The normalized spacial score (nSPS) is 22.1. The summed E-state index contributed by atoms with van der Waals surface area (Å²) in [5.41, 5.74) is 0. The van der Waals surface area contributed by atoms with Crippen molar-refractivity contribution in [1.82, 2.24) is 10.2 Å². The molecule has 1 aromatic rings. The van der Waals surface area contributed by atoms with Crippen LogP contribution < -0.4 is 5.32 Å². The Bertz CT molecular complexity index is 265. The number of rotatable bonds is 4. The maximum Gasteiger partial charge on any atom is 0.0218 e. The number of piperidine rings is 1. The van der Waals surface area contributed by atoms with Gasteiger partial charge in [-0.05, 0) is 44.3 Å². The second kappa shape index (κ2) is 5.64. The molecule has 1 aliphatic rings. The van der Waals surface area contributed by atoms with Gasteiger partial charge in [0.1, 0.15) is 0 Å². The zero-order chi connectivity index (χ0) is 10.5. The van der Waals surface area contributed by atoms with Crippen LogP contribution in [0.3, 0.4) is 0 Å².